The van der Waals surface area contributed by atoms with E-state index in [1.165, 1.54) is 28.6 Å². The molecule has 0 aliphatic carbocycles. The van der Waals surface area contributed by atoms with Crippen molar-refractivity contribution in [2.24, 2.45) is 0 Å². The molecule has 15 nitrogen and oxygen atoms in total. The van der Waals surface area contributed by atoms with Crippen LogP contribution in [0.3, 0.4) is 0 Å². The highest BCUT2D eigenvalue weighted by Crippen LogP contribution is 2.39. The predicted molar refractivity (Wildman–Crippen MR) is 295 cm³/mol. The summed E-state index contributed by atoms with van der Waals surface area (Å²) in [7, 11) is 0.818. The van der Waals surface area contributed by atoms with E-state index in [0.717, 1.165) is 81.3 Å². The number of fused-ring (bicyclic) bond motifs is 3. The molecule has 0 bridgehead atoms. The minimum atomic E-state index is -2.43. The van der Waals surface area contributed by atoms with Crippen molar-refractivity contribution < 1.29 is 89.0 Å². The van der Waals surface area contributed by atoms with Crippen molar-refractivity contribution in [1.82, 2.24) is 0 Å². The fourth-order valence-electron chi connectivity index (χ4n) is 8.82. The SMILES string of the molecule is COCCSCCC[Si]1(CCCSCCOCOCOCOCOCOCOCOCOCOCOC)c2cc(-c3ccc(CO)cc3)ccc2-c2ccc(-c3ccc(CCCC(=O)Oc4c(F)c(F)cc(F)c4F)cc3)cc21. The number of benzene rings is 5. The zero-order valence-corrected chi connectivity index (χ0v) is 47.3. The zero-order chi connectivity index (χ0) is 55.9. The molecule has 79 heavy (non-hydrogen) atoms. The smallest absolute Gasteiger partial charge is 0.311 e. The fraction of sp³-hybridized carbons (Fsp3) is 0.456. The van der Waals surface area contributed by atoms with Crippen molar-refractivity contribution in [2.75, 3.05) is 118 Å². The van der Waals surface area contributed by atoms with Crippen LogP contribution in [0.25, 0.3) is 33.4 Å². The van der Waals surface area contributed by atoms with Crippen molar-refractivity contribution in [3.8, 4) is 39.1 Å². The molecule has 0 radical (unpaired) electrons. The second-order valence-electron chi connectivity index (χ2n) is 17.9. The topological polar surface area (TPSA) is 157 Å². The molecule has 0 spiro atoms. The lowest BCUT2D eigenvalue weighted by atomic mass is 9.97. The maximum Gasteiger partial charge on any atom is 0.311 e. The highest BCUT2D eigenvalue weighted by atomic mass is 32.2. The number of methoxy groups -OCH3 is 2. The maximum atomic E-state index is 14.1. The standard InChI is InChI=1S/C57H70F4O15S2Si/c1-64-20-24-77-22-4-26-79(27-5-23-78-25-21-66-33-68-35-70-37-72-39-74-41-75-40-73-38-71-36-69-34-67-32-65-2)52-28-46(16-18-48(52)49-19-17-47(29-53(49)79)45-14-10-43(31-62)11-15-45)44-12-8-42(9-13-44)6-3-7-54(63)76-57-55(60)50(58)30-51(59)56(57)61/h8-19,28-30,62H,3-7,20-27,31-41H2,1-2H3. The van der Waals surface area contributed by atoms with E-state index in [1.54, 1.807) is 7.11 Å². The van der Waals surface area contributed by atoms with Crippen LogP contribution >= 0.6 is 23.5 Å². The van der Waals surface area contributed by atoms with Crippen LogP contribution in [-0.2, 0) is 74.7 Å². The van der Waals surface area contributed by atoms with E-state index in [4.69, 9.17) is 61.6 Å². The molecule has 0 amide bonds. The van der Waals surface area contributed by atoms with Crippen molar-refractivity contribution in [1.29, 1.82) is 0 Å². The van der Waals surface area contributed by atoms with E-state index in [2.05, 4.69) is 60.7 Å². The summed E-state index contributed by atoms with van der Waals surface area (Å²) in [6.45, 7) is 1.27. The summed E-state index contributed by atoms with van der Waals surface area (Å²) in [6.07, 6.45) is 2.60. The number of aliphatic hydroxyl groups excluding tert-OH is 1. The Morgan fingerprint density at radius 2 is 0.911 bits per heavy atom. The Balaban J connectivity index is 1.01. The van der Waals surface area contributed by atoms with Crippen LogP contribution < -0.4 is 15.1 Å². The molecule has 432 valence electrons. The number of carbonyl (C=O) groups is 1. The van der Waals surface area contributed by atoms with Gasteiger partial charge in [0.25, 0.3) is 0 Å². The number of hydrogen-bond donors (Lipinski definition) is 1. The first-order chi connectivity index (χ1) is 38.7. The Bertz CT molecular complexity index is 2550. The van der Waals surface area contributed by atoms with Crippen LogP contribution in [0.2, 0.25) is 12.1 Å². The minimum Gasteiger partial charge on any atom is -0.420 e. The molecule has 1 atom stereocenters. The number of thioether (sulfide) groups is 2. The summed E-state index contributed by atoms with van der Waals surface area (Å²) in [5.41, 5.74) is 8.73. The normalized spacial score (nSPS) is 13.8. The maximum absolute atomic E-state index is 14.1. The summed E-state index contributed by atoms with van der Waals surface area (Å²) in [4.78, 5) is 12.4. The van der Waals surface area contributed by atoms with Crippen LogP contribution in [0.4, 0.5) is 17.6 Å². The van der Waals surface area contributed by atoms with Crippen LogP contribution in [-0.4, -0.2) is 138 Å². The molecule has 0 aromatic heterocycles. The molecular weight excluding hydrogens is 1090 g/mol. The lowest BCUT2D eigenvalue weighted by Crippen LogP contribution is -2.55. The van der Waals surface area contributed by atoms with E-state index < -0.39 is 43.1 Å². The van der Waals surface area contributed by atoms with Crippen molar-refractivity contribution in [2.45, 2.75) is 50.8 Å². The molecule has 22 heteroatoms. The van der Waals surface area contributed by atoms with Gasteiger partial charge in [0, 0.05) is 38.2 Å². The third kappa shape index (κ3) is 20.6. The fourth-order valence-corrected chi connectivity index (χ4v) is 16.5. The molecule has 6 rings (SSSR count). The molecule has 1 N–H and O–H groups in total. The highest BCUT2D eigenvalue weighted by molar-refractivity contribution is 7.99. The van der Waals surface area contributed by atoms with Crippen molar-refractivity contribution in [3.05, 3.63) is 125 Å². The minimum absolute atomic E-state index is 0.00197. The molecular formula is C57H70F4O15S2Si. The lowest BCUT2D eigenvalue weighted by molar-refractivity contribution is -0.231. The molecule has 0 saturated heterocycles. The molecule has 1 heterocycles. The summed E-state index contributed by atoms with van der Waals surface area (Å²) in [5.74, 6) is -5.48. The van der Waals surface area contributed by atoms with Gasteiger partial charge in [-0.05, 0) is 104 Å². The number of ether oxygens (including phenoxy) is 13. The Hall–Kier alpha value is -4.31. The zero-order valence-electron chi connectivity index (χ0n) is 44.6. The molecule has 1 unspecified atom stereocenters. The van der Waals surface area contributed by atoms with Gasteiger partial charge in [0.1, 0.15) is 21.7 Å². The van der Waals surface area contributed by atoms with Gasteiger partial charge in [-0.2, -0.15) is 32.3 Å². The van der Waals surface area contributed by atoms with Gasteiger partial charge in [-0.3, -0.25) is 4.79 Å². The quantitative estimate of drug-likeness (QED) is 0.00748. The monoisotopic (exact) mass is 1160 g/mol. The van der Waals surface area contributed by atoms with Crippen LogP contribution in [0.15, 0.2) is 91.0 Å². The summed E-state index contributed by atoms with van der Waals surface area (Å²) < 4.78 is 123. The number of carbonyl (C=O) groups excluding carboxylic acids is 1. The number of aliphatic hydroxyl groups is 1. The molecule has 5 aromatic rings. The van der Waals surface area contributed by atoms with E-state index in [-0.39, 0.29) is 93.4 Å². The molecule has 1 aliphatic heterocycles. The van der Waals surface area contributed by atoms with E-state index in [0.29, 0.717) is 19.6 Å². The van der Waals surface area contributed by atoms with Crippen LogP contribution in [0.1, 0.15) is 36.8 Å². The van der Waals surface area contributed by atoms with Gasteiger partial charge >= 0.3 is 5.97 Å². The third-order valence-corrected chi connectivity index (χ3v) is 19.9. The van der Waals surface area contributed by atoms with Crippen LogP contribution in [0, 0.1) is 23.3 Å². The van der Waals surface area contributed by atoms with Gasteiger partial charge < -0.3 is 66.7 Å². The summed E-state index contributed by atoms with van der Waals surface area (Å²) in [6, 6.07) is 32.2. The average Bonchev–Trinajstić information content (AvgIpc) is 3.99. The van der Waals surface area contributed by atoms with E-state index in [1.807, 2.05) is 47.8 Å². The Labute approximate surface area is 468 Å². The number of aryl methyl sites for hydroxylation is 1. The van der Waals surface area contributed by atoms with Crippen molar-refractivity contribution in [3.63, 3.8) is 0 Å². The summed E-state index contributed by atoms with van der Waals surface area (Å²) in [5, 5.41) is 12.6. The average molecular weight is 1160 g/mol. The molecule has 1 aliphatic rings. The number of rotatable bonds is 42. The predicted octanol–water partition coefficient (Wildman–Crippen LogP) is 9.82. The largest absolute Gasteiger partial charge is 0.420 e. The highest BCUT2D eigenvalue weighted by Gasteiger charge is 2.45. The first-order valence-corrected chi connectivity index (χ1v) is 30.4. The number of esters is 1. The Morgan fingerprint density at radius 3 is 1.37 bits per heavy atom. The molecule has 0 fully saturated rings. The summed E-state index contributed by atoms with van der Waals surface area (Å²) >= 11 is 3.78. The van der Waals surface area contributed by atoms with E-state index in [9.17, 15) is 27.5 Å². The van der Waals surface area contributed by atoms with E-state index >= 15 is 0 Å². The number of hydrogen-bond acceptors (Lipinski definition) is 17. The van der Waals surface area contributed by atoms with Crippen molar-refractivity contribution >= 4 is 47.9 Å². The third-order valence-electron chi connectivity index (χ3n) is 12.5. The van der Waals surface area contributed by atoms with Gasteiger partial charge in [0.2, 0.25) is 17.4 Å². The number of halogens is 4. The first kappa shape index (κ1) is 63.9. The first-order valence-electron chi connectivity index (χ1n) is 25.7. The van der Waals surface area contributed by atoms with Gasteiger partial charge in [0.05, 0.1) is 19.8 Å². The van der Waals surface area contributed by atoms with Gasteiger partial charge in [-0.1, -0.05) is 84.9 Å². The Morgan fingerprint density at radius 1 is 0.481 bits per heavy atom. The molecule has 0 saturated carbocycles. The Kier molecular flexibility index (Phi) is 29.3. The lowest BCUT2D eigenvalue weighted by Gasteiger charge is -2.31. The van der Waals surface area contributed by atoms with Gasteiger partial charge in [-0.25, -0.2) is 8.78 Å². The van der Waals surface area contributed by atoms with Gasteiger partial charge in [-0.15, -0.1) is 0 Å². The van der Waals surface area contributed by atoms with Crippen LogP contribution in [0.5, 0.6) is 5.75 Å². The second kappa shape index (κ2) is 36.2. The van der Waals surface area contributed by atoms with Gasteiger partial charge in [0.15, 0.2) is 66.0 Å². The molecule has 5 aromatic carbocycles. The second-order valence-corrected chi connectivity index (χ2v) is 24.6.